The Hall–Kier alpha value is -2.54. The number of likely N-dealkylation sites (N-methyl/N-ethyl adjacent to an activating group) is 1. The molecule has 1 unspecified atom stereocenters. The Morgan fingerprint density at radius 3 is 2.57 bits per heavy atom. The van der Waals surface area contributed by atoms with Crippen molar-refractivity contribution in [3.8, 4) is 0 Å². The number of fused-ring (bicyclic) bond motifs is 2. The maximum Gasteiger partial charge on any atom is 0.323 e. The lowest BCUT2D eigenvalue weighted by atomic mass is 10.1. The standard InChI is InChI=1S/C21H22FN3O2S/c1-4-24-17-12-8-5-9-14(17)21(18(24)26)25(13-20(2,3)28-21)19(27)23-16-11-7-6-10-15(16)22/h5-12H,4,13H2,1-3H3,(H,23,27). The molecule has 2 aromatic rings. The molecule has 1 atom stereocenters. The van der Waals surface area contributed by atoms with Crippen molar-refractivity contribution >= 4 is 35.1 Å². The molecule has 0 aromatic heterocycles. The number of carbonyl (C=O) groups excluding carboxylic acids is 2. The molecule has 1 fully saturated rings. The topological polar surface area (TPSA) is 52.7 Å². The smallest absolute Gasteiger partial charge is 0.309 e. The number of thioether (sulfide) groups is 1. The van der Waals surface area contributed by atoms with Gasteiger partial charge in [-0.2, -0.15) is 0 Å². The third kappa shape index (κ3) is 2.68. The molecule has 1 spiro atoms. The molecule has 7 heteroatoms. The number of amides is 3. The molecule has 4 rings (SSSR count). The minimum Gasteiger partial charge on any atom is -0.309 e. The van der Waals surface area contributed by atoms with Crippen LogP contribution in [0.4, 0.5) is 20.6 Å². The average molecular weight is 399 g/mol. The summed E-state index contributed by atoms with van der Waals surface area (Å²) >= 11 is 1.48. The largest absolute Gasteiger partial charge is 0.323 e. The van der Waals surface area contributed by atoms with E-state index in [0.717, 1.165) is 11.3 Å². The molecular formula is C21H22FN3O2S. The van der Waals surface area contributed by atoms with Crippen molar-refractivity contribution in [2.45, 2.75) is 30.4 Å². The molecule has 2 aromatic carbocycles. The van der Waals surface area contributed by atoms with E-state index in [-0.39, 0.29) is 16.3 Å². The van der Waals surface area contributed by atoms with Gasteiger partial charge in [-0.25, -0.2) is 9.18 Å². The molecule has 1 saturated heterocycles. The summed E-state index contributed by atoms with van der Waals surface area (Å²) in [7, 11) is 0. The molecule has 146 valence electrons. The summed E-state index contributed by atoms with van der Waals surface area (Å²) in [4.78, 5) is 28.9. The van der Waals surface area contributed by atoms with Crippen LogP contribution in [0.1, 0.15) is 26.3 Å². The molecular weight excluding hydrogens is 377 g/mol. The minimum absolute atomic E-state index is 0.100. The molecule has 2 aliphatic heterocycles. The van der Waals surface area contributed by atoms with Crippen molar-refractivity contribution in [3.63, 3.8) is 0 Å². The molecule has 1 N–H and O–H groups in total. The maximum absolute atomic E-state index is 14.1. The maximum atomic E-state index is 14.1. The van der Waals surface area contributed by atoms with Gasteiger partial charge in [-0.05, 0) is 39.0 Å². The number of rotatable bonds is 2. The summed E-state index contributed by atoms with van der Waals surface area (Å²) in [6, 6.07) is 13.1. The summed E-state index contributed by atoms with van der Waals surface area (Å²) in [6.45, 7) is 6.83. The highest BCUT2D eigenvalue weighted by Crippen LogP contribution is 2.59. The van der Waals surface area contributed by atoms with E-state index < -0.39 is 16.7 Å². The highest BCUT2D eigenvalue weighted by Gasteiger charge is 2.63. The third-order valence-electron chi connectivity index (χ3n) is 5.11. The van der Waals surface area contributed by atoms with E-state index in [2.05, 4.69) is 5.32 Å². The van der Waals surface area contributed by atoms with Gasteiger partial charge in [0.2, 0.25) is 0 Å². The van der Waals surface area contributed by atoms with E-state index >= 15 is 0 Å². The third-order valence-corrected chi connectivity index (χ3v) is 6.71. The van der Waals surface area contributed by atoms with Crippen molar-refractivity contribution in [2.24, 2.45) is 0 Å². The van der Waals surface area contributed by atoms with E-state index in [0.29, 0.717) is 13.1 Å². The van der Waals surface area contributed by atoms with Gasteiger partial charge in [0.25, 0.3) is 5.91 Å². The lowest BCUT2D eigenvalue weighted by molar-refractivity contribution is -0.123. The number of carbonyl (C=O) groups is 2. The summed E-state index contributed by atoms with van der Waals surface area (Å²) in [6.07, 6.45) is 0. The van der Waals surface area contributed by atoms with E-state index in [1.165, 1.54) is 23.9 Å². The second kappa shape index (κ2) is 6.51. The zero-order valence-corrected chi connectivity index (χ0v) is 16.8. The van der Waals surface area contributed by atoms with E-state index in [1.54, 1.807) is 21.9 Å². The van der Waals surface area contributed by atoms with Crippen LogP contribution < -0.4 is 10.2 Å². The number of nitrogens with one attached hydrogen (secondary N) is 1. The highest BCUT2D eigenvalue weighted by atomic mass is 32.2. The van der Waals surface area contributed by atoms with Crippen molar-refractivity contribution in [1.82, 2.24) is 4.90 Å². The number of hydrogen-bond donors (Lipinski definition) is 1. The fourth-order valence-electron chi connectivity index (χ4n) is 4.02. The Morgan fingerprint density at radius 1 is 1.18 bits per heavy atom. The van der Waals surface area contributed by atoms with Gasteiger partial charge < -0.3 is 10.2 Å². The van der Waals surface area contributed by atoms with E-state index in [1.807, 2.05) is 45.0 Å². The van der Waals surface area contributed by atoms with Gasteiger partial charge in [0.15, 0.2) is 4.87 Å². The van der Waals surface area contributed by atoms with Crippen LogP contribution in [0.5, 0.6) is 0 Å². The summed E-state index contributed by atoms with van der Waals surface area (Å²) in [5.41, 5.74) is 1.73. The van der Waals surface area contributed by atoms with E-state index in [4.69, 9.17) is 0 Å². The first-order valence-electron chi connectivity index (χ1n) is 9.25. The van der Waals surface area contributed by atoms with Crippen molar-refractivity contribution in [1.29, 1.82) is 0 Å². The SMILES string of the molecule is CCN1C(=O)C2(SC(C)(C)CN2C(=O)Nc2ccccc2F)c2ccccc21. The predicted molar refractivity (Wildman–Crippen MR) is 110 cm³/mol. The summed E-state index contributed by atoms with van der Waals surface area (Å²) < 4.78 is 13.7. The molecule has 0 saturated carbocycles. The van der Waals surface area contributed by atoms with Crippen LogP contribution in [0.15, 0.2) is 48.5 Å². The zero-order valence-electron chi connectivity index (χ0n) is 16.0. The van der Waals surface area contributed by atoms with Gasteiger partial charge in [0.05, 0.1) is 11.4 Å². The molecule has 3 amide bonds. The van der Waals surface area contributed by atoms with Crippen molar-refractivity contribution < 1.29 is 14.0 Å². The molecule has 2 heterocycles. The molecule has 28 heavy (non-hydrogen) atoms. The first kappa shape index (κ1) is 18.8. The Balaban J connectivity index is 1.80. The second-order valence-corrected chi connectivity index (χ2v) is 9.47. The molecule has 0 aliphatic carbocycles. The quantitative estimate of drug-likeness (QED) is 0.814. The molecule has 2 aliphatic rings. The summed E-state index contributed by atoms with van der Waals surface area (Å²) in [5, 5.41) is 2.65. The van der Waals surface area contributed by atoms with Crippen LogP contribution in [0.25, 0.3) is 0 Å². The van der Waals surface area contributed by atoms with Crippen LogP contribution in [-0.4, -0.2) is 34.7 Å². The average Bonchev–Trinajstić information content (AvgIpc) is 3.09. The van der Waals surface area contributed by atoms with Gasteiger partial charge >= 0.3 is 6.03 Å². The number of anilines is 2. The lowest BCUT2D eigenvalue weighted by Gasteiger charge is -2.33. The number of para-hydroxylation sites is 2. The molecule has 0 radical (unpaired) electrons. The fraction of sp³-hybridized carbons (Fsp3) is 0.333. The minimum atomic E-state index is -1.15. The highest BCUT2D eigenvalue weighted by molar-refractivity contribution is 8.02. The second-order valence-electron chi connectivity index (χ2n) is 7.57. The summed E-state index contributed by atoms with van der Waals surface area (Å²) in [5.74, 6) is -0.639. The van der Waals surface area contributed by atoms with Gasteiger partial charge in [0, 0.05) is 23.4 Å². The van der Waals surface area contributed by atoms with Gasteiger partial charge in [-0.15, -0.1) is 11.8 Å². The van der Waals surface area contributed by atoms with Crippen LogP contribution in [0.3, 0.4) is 0 Å². The monoisotopic (exact) mass is 399 g/mol. The first-order valence-corrected chi connectivity index (χ1v) is 10.1. The predicted octanol–water partition coefficient (Wildman–Crippen LogP) is 4.40. The van der Waals surface area contributed by atoms with Crippen molar-refractivity contribution in [3.05, 3.63) is 59.9 Å². The van der Waals surface area contributed by atoms with Crippen molar-refractivity contribution in [2.75, 3.05) is 23.3 Å². The number of halogens is 1. The first-order chi connectivity index (χ1) is 13.3. The van der Waals surface area contributed by atoms with Crippen LogP contribution >= 0.6 is 11.8 Å². The normalized spacial score (nSPS) is 22.6. The number of nitrogens with zero attached hydrogens (tertiary/aromatic N) is 2. The van der Waals surface area contributed by atoms with Crippen LogP contribution in [-0.2, 0) is 9.67 Å². The lowest BCUT2D eigenvalue weighted by Crippen LogP contribution is -2.51. The van der Waals surface area contributed by atoms with E-state index in [9.17, 15) is 14.0 Å². The number of benzene rings is 2. The van der Waals surface area contributed by atoms with Crippen LogP contribution in [0, 0.1) is 5.82 Å². The van der Waals surface area contributed by atoms with Gasteiger partial charge in [-0.1, -0.05) is 30.3 Å². The fourth-order valence-corrected chi connectivity index (χ4v) is 5.75. The Bertz CT molecular complexity index is 964. The van der Waals surface area contributed by atoms with Crippen LogP contribution in [0.2, 0.25) is 0 Å². The Kier molecular flexibility index (Phi) is 4.38. The van der Waals surface area contributed by atoms with Gasteiger partial charge in [0.1, 0.15) is 5.82 Å². The zero-order chi connectivity index (χ0) is 20.1. The van der Waals surface area contributed by atoms with Gasteiger partial charge in [-0.3, -0.25) is 9.69 Å². The molecule has 5 nitrogen and oxygen atoms in total. The number of urea groups is 1. The Morgan fingerprint density at radius 2 is 1.86 bits per heavy atom. The molecule has 0 bridgehead atoms. The number of hydrogen-bond acceptors (Lipinski definition) is 3. The Labute approximate surface area is 167 Å².